The van der Waals surface area contributed by atoms with Crippen LogP contribution in [0, 0.1) is 12.7 Å². The fourth-order valence-electron chi connectivity index (χ4n) is 3.26. The first-order chi connectivity index (χ1) is 14.4. The lowest BCUT2D eigenvalue weighted by atomic mass is 10.1. The summed E-state index contributed by atoms with van der Waals surface area (Å²) in [7, 11) is 0. The molecule has 3 N–H and O–H groups in total. The number of benzene rings is 2. The Hall–Kier alpha value is -4.01. The van der Waals surface area contributed by atoms with Crippen LogP contribution < -0.4 is 16.1 Å². The van der Waals surface area contributed by atoms with Crippen molar-refractivity contribution in [2.75, 3.05) is 10.3 Å². The van der Waals surface area contributed by atoms with Gasteiger partial charge in [0.05, 0.1) is 11.4 Å². The van der Waals surface area contributed by atoms with Crippen LogP contribution in [0.15, 0.2) is 65.9 Å². The van der Waals surface area contributed by atoms with Gasteiger partial charge >= 0.3 is 0 Å². The molecular formula is C21H19FN6O2. The second-order valence-electron chi connectivity index (χ2n) is 6.88. The predicted octanol–water partition coefficient (Wildman–Crippen LogP) is 2.38. The summed E-state index contributed by atoms with van der Waals surface area (Å²) in [6.07, 6.45) is 1.75. The van der Waals surface area contributed by atoms with Crippen molar-refractivity contribution in [1.82, 2.24) is 9.78 Å². The van der Waals surface area contributed by atoms with Crippen molar-refractivity contribution in [3.63, 3.8) is 0 Å². The van der Waals surface area contributed by atoms with Crippen molar-refractivity contribution >= 4 is 28.9 Å². The summed E-state index contributed by atoms with van der Waals surface area (Å²) in [6, 6.07) is 13.7. The maximum Gasteiger partial charge on any atom is 0.271 e. The standard InChI is InChI=1S/C21H19FN6O2/c1-13-9-10-24-27(13)17-4-2-3-15(11-17)25-21(30)18-12-19(20(23)29)28(26-18)16-7-5-14(22)6-8-16/h2-11,19H,12H2,1H3,(H2,23,29)(H,25,30). The van der Waals surface area contributed by atoms with Crippen molar-refractivity contribution < 1.29 is 14.0 Å². The van der Waals surface area contributed by atoms with Crippen LogP contribution in [0.1, 0.15) is 12.1 Å². The van der Waals surface area contributed by atoms with Crippen LogP contribution >= 0.6 is 0 Å². The van der Waals surface area contributed by atoms with Crippen LogP contribution in [0.25, 0.3) is 5.69 Å². The SMILES string of the molecule is Cc1ccnn1-c1cccc(NC(=O)C2=NN(c3ccc(F)cc3)C(C(N)=O)C2)c1. The van der Waals surface area contributed by atoms with Gasteiger partial charge in [-0.15, -0.1) is 0 Å². The maximum absolute atomic E-state index is 13.2. The van der Waals surface area contributed by atoms with Crippen molar-refractivity contribution in [1.29, 1.82) is 0 Å². The molecule has 30 heavy (non-hydrogen) atoms. The van der Waals surface area contributed by atoms with Crippen molar-refractivity contribution in [3.05, 3.63) is 72.3 Å². The molecular weight excluding hydrogens is 387 g/mol. The number of hydrogen-bond donors (Lipinski definition) is 2. The van der Waals surface area contributed by atoms with E-state index in [0.29, 0.717) is 11.4 Å². The van der Waals surface area contributed by atoms with Crippen molar-refractivity contribution in [2.24, 2.45) is 10.8 Å². The Morgan fingerprint density at radius 2 is 1.90 bits per heavy atom. The average molecular weight is 406 g/mol. The zero-order valence-electron chi connectivity index (χ0n) is 16.1. The summed E-state index contributed by atoms with van der Waals surface area (Å²) in [5.74, 6) is -1.48. The molecule has 0 fully saturated rings. The lowest BCUT2D eigenvalue weighted by Gasteiger charge is -2.20. The highest BCUT2D eigenvalue weighted by Crippen LogP contribution is 2.25. The third-order valence-corrected chi connectivity index (χ3v) is 4.77. The van der Waals surface area contributed by atoms with E-state index in [0.717, 1.165) is 11.4 Å². The highest BCUT2D eigenvalue weighted by molar-refractivity contribution is 6.44. The number of primary amides is 1. The summed E-state index contributed by atoms with van der Waals surface area (Å²) >= 11 is 0. The maximum atomic E-state index is 13.2. The number of halogens is 1. The first kappa shape index (κ1) is 19.3. The van der Waals surface area contributed by atoms with E-state index in [2.05, 4.69) is 15.5 Å². The molecule has 0 bridgehead atoms. The Morgan fingerprint density at radius 3 is 2.57 bits per heavy atom. The molecule has 0 radical (unpaired) electrons. The fraction of sp³-hybridized carbons (Fsp3) is 0.143. The molecule has 0 saturated carbocycles. The molecule has 152 valence electrons. The molecule has 0 spiro atoms. The normalized spacial score (nSPS) is 15.7. The second-order valence-corrected chi connectivity index (χ2v) is 6.88. The number of amides is 2. The van der Waals surface area contributed by atoms with Crippen LogP contribution in [-0.4, -0.2) is 33.3 Å². The van der Waals surface area contributed by atoms with E-state index < -0.39 is 23.7 Å². The number of hydrogen-bond acceptors (Lipinski definition) is 5. The third kappa shape index (κ3) is 3.77. The summed E-state index contributed by atoms with van der Waals surface area (Å²) < 4.78 is 15.0. The van der Waals surface area contributed by atoms with Gasteiger partial charge in [0.15, 0.2) is 0 Å². The van der Waals surface area contributed by atoms with E-state index in [1.165, 1.54) is 29.3 Å². The van der Waals surface area contributed by atoms with E-state index in [-0.39, 0.29) is 12.1 Å². The Bertz CT molecular complexity index is 1140. The summed E-state index contributed by atoms with van der Waals surface area (Å²) in [5.41, 5.74) is 8.43. The lowest BCUT2D eigenvalue weighted by Crippen LogP contribution is -2.39. The second kappa shape index (κ2) is 7.78. The average Bonchev–Trinajstić information content (AvgIpc) is 3.35. The molecule has 0 saturated heterocycles. The van der Waals surface area contributed by atoms with Gasteiger partial charge < -0.3 is 11.1 Å². The molecule has 1 aliphatic rings. The Labute approximate surface area is 171 Å². The smallest absolute Gasteiger partial charge is 0.271 e. The molecule has 2 heterocycles. The number of aromatic nitrogens is 2. The zero-order chi connectivity index (χ0) is 21.3. The van der Waals surface area contributed by atoms with Gasteiger partial charge in [-0.3, -0.25) is 14.6 Å². The van der Waals surface area contributed by atoms with E-state index in [1.807, 2.05) is 19.1 Å². The first-order valence-corrected chi connectivity index (χ1v) is 9.26. The molecule has 4 rings (SSSR count). The predicted molar refractivity (Wildman–Crippen MR) is 111 cm³/mol. The third-order valence-electron chi connectivity index (χ3n) is 4.77. The monoisotopic (exact) mass is 406 g/mol. The largest absolute Gasteiger partial charge is 0.368 e. The number of carbonyl (C=O) groups excluding carboxylic acids is 2. The van der Waals surface area contributed by atoms with Gasteiger partial charge in [-0.25, -0.2) is 9.07 Å². The van der Waals surface area contributed by atoms with Gasteiger partial charge in [0.1, 0.15) is 17.6 Å². The number of rotatable bonds is 5. The number of anilines is 2. The van der Waals surface area contributed by atoms with Crippen LogP contribution in [0.5, 0.6) is 0 Å². The van der Waals surface area contributed by atoms with Crippen LogP contribution in [0.2, 0.25) is 0 Å². The van der Waals surface area contributed by atoms with Crippen molar-refractivity contribution in [2.45, 2.75) is 19.4 Å². The molecule has 1 unspecified atom stereocenters. The molecule has 2 aromatic carbocycles. The van der Waals surface area contributed by atoms with Gasteiger partial charge in [-0.1, -0.05) is 6.07 Å². The number of nitrogens with zero attached hydrogens (tertiary/aromatic N) is 4. The minimum absolute atomic E-state index is 0.0521. The quantitative estimate of drug-likeness (QED) is 0.679. The number of nitrogens with two attached hydrogens (primary N) is 1. The summed E-state index contributed by atoms with van der Waals surface area (Å²) in [4.78, 5) is 24.7. The van der Waals surface area contributed by atoms with Gasteiger partial charge in [-0.05, 0) is 55.5 Å². The first-order valence-electron chi connectivity index (χ1n) is 9.26. The van der Waals surface area contributed by atoms with Crippen LogP contribution in [0.4, 0.5) is 15.8 Å². The molecule has 1 aromatic heterocycles. The van der Waals surface area contributed by atoms with Crippen molar-refractivity contribution in [3.8, 4) is 5.69 Å². The minimum Gasteiger partial charge on any atom is -0.368 e. The minimum atomic E-state index is -0.825. The van der Waals surface area contributed by atoms with Gasteiger partial charge in [-0.2, -0.15) is 10.2 Å². The van der Waals surface area contributed by atoms with E-state index >= 15 is 0 Å². The van der Waals surface area contributed by atoms with Gasteiger partial charge in [0, 0.05) is 24.0 Å². The lowest BCUT2D eigenvalue weighted by molar-refractivity contribution is -0.119. The van der Waals surface area contributed by atoms with Gasteiger partial charge in [0.25, 0.3) is 5.91 Å². The number of nitrogens with one attached hydrogen (secondary N) is 1. The summed E-state index contributed by atoms with van der Waals surface area (Å²) in [5, 5.41) is 12.7. The van der Waals surface area contributed by atoms with Crippen LogP contribution in [0.3, 0.4) is 0 Å². The zero-order valence-corrected chi connectivity index (χ0v) is 16.1. The van der Waals surface area contributed by atoms with Crippen LogP contribution in [-0.2, 0) is 9.59 Å². The highest BCUT2D eigenvalue weighted by atomic mass is 19.1. The van der Waals surface area contributed by atoms with E-state index in [1.54, 1.807) is 29.1 Å². The number of carbonyl (C=O) groups is 2. The van der Waals surface area contributed by atoms with E-state index in [9.17, 15) is 14.0 Å². The molecule has 9 heteroatoms. The highest BCUT2D eigenvalue weighted by Gasteiger charge is 2.35. The Kier molecular flexibility index (Phi) is 5.01. The molecule has 3 aromatic rings. The molecule has 2 amide bonds. The van der Waals surface area contributed by atoms with Gasteiger partial charge in [0.2, 0.25) is 5.91 Å². The number of hydrazone groups is 1. The Morgan fingerprint density at radius 1 is 1.13 bits per heavy atom. The molecule has 1 atom stereocenters. The number of aryl methyl sites for hydroxylation is 1. The Balaban J connectivity index is 1.56. The molecule has 0 aliphatic carbocycles. The van der Waals surface area contributed by atoms with E-state index in [4.69, 9.17) is 5.73 Å². The topological polar surface area (TPSA) is 106 Å². The molecule has 8 nitrogen and oxygen atoms in total. The molecule has 1 aliphatic heterocycles. The fourth-order valence-corrected chi connectivity index (χ4v) is 3.26. The summed E-state index contributed by atoms with van der Waals surface area (Å²) in [6.45, 7) is 1.93.